The van der Waals surface area contributed by atoms with E-state index in [9.17, 15) is 4.79 Å². The van der Waals surface area contributed by atoms with Crippen LogP contribution in [0.5, 0.6) is 0 Å². The highest BCUT2D eigenvalue weighted by molar-refractivity contribution is 5.85. The molecule has 1 aliphatic carbocycles. The van der Waals surface area contributed by atoms with Crippen LogP contribution in [0.4, 0.5) is 0 Å². The minimum Gasteiger partial charge on any atom is -0.469 e. The summed E-state index contributed by atoms with van der Waals surface area (Å²) < 4.78 is 4.52. The summed E-state index contributed by atoms with van der Waals surface area (Å²) in [6, 6.07) is 0. The van der Waals surface area contributed by atoms with Gasteiger partial charge in [-0.05, 0) is 12.8 Å². The maximum absolute atomic E-state index is 10.6. The van der Waals surface area contributed by atoms with Crippen LogP contribution >= 0.6 is 12.4 Å². The summed E-state index contributed by atoms with van der Waals surface area (Å²) in [5.74, 6) is 0.205. The van der Waals surface area contributed by atoms with Gasteiger partial charge in [-0.25, -0.2) is 0 Å². The van der Waals surface area contributed by atoms with Crippen LogP contribution in [0.1, 0.15) is 19.3 Å². The van der Waals surface area contributed by atoms with Crippen LogP contribution in [0.3, 0.4) is 0 Å². The molecule has 0 atom stereocenters. The Bertz CT molecular complexity index is 99.2. The number of esters is 1. The Balaban J connectivity index is 0.000000640. The third-order valence-electron chi connectivity index (χ3n) is 1.64. The molecule has 1 rings (SSSR count). The Morgan fingerprint density at radius 1 is 1.56 bits per heavy atom. The molecule has 0 spiro atoms. The second-order valence-corrected chi connectivity index (χ2v) is 2.15. The van der Waals surface area contributed by atoms with Crippen molar-refractivity contribution in [1.82, 2.24) is 0 Å². The number of carbonyl (C=O) groups is 1. The molecule has 54 valence electrons. The molecule has 0 aromatic carbocycles. The monoisotopic (exact) mass is 150 g/mol. The summed E-state index contributed by atoms with van der Waals surface area (Å²) in [6.07, 6.45) is 3.26. The molecule has 0 heterocycles. The van der Waals surface area contributed by atoms with Crippen LogP contribution in [0.2, 0.25) is 0 Å². The molecule has 1 aliphatic rings. The fraction of sp³-hybridized carbons (Fsp3) is 0.833. The lowest BCUT2D eigenvalue weighted by atomic mass is 9.86. The van der Waals surface area contributed by atoms with Crippen LogP contribution in [0.25, 0.3) is 0 Å². The van der Waals surface area contributed by atoms with E-state index in [2.05, 4.69) is 4.74 Å². The van der Waals surface area contributed by atoms with Crippen molar-refractivity contribution in [3.8, 4) is 0 Å². The molecule has 0 bridgehead atoms. The van der Waals surface area contributed by atoms with Gasteiger partial charge in [-0.2, -0.15) is 0 Å². The van der Waals surface area contributed by atoms with Crippen LogP contribution in [-0.2, 0) is 9.53 Å². The minimum atomic E-state index is -0.0312. The zero-order valence-electron chi connectivity index (χ0n) is 5.42. The van der Waals surface area contributed by atoms with E-state index in [1.54, 1.807) is 0 Å². The van der Waals surface area contributed by atoms with Gasteiger partial charge in [-0.15, -0.1) is 12.4 Å². The number of hydrogen-bond acceptors (Lipinski definition) is 2. The fourth-order valence-corrected chi connectivity index (χ4v) is 0.811. The molecule has 3 heteroatoms. The third kappa shape index (κ3) is 1.86. The Hall–Kier alpha value is -0.240. The van der Waals surface area contributed by atoms with Gasteiger partial charge >= 0.3 is 5.97 Å². The van der Waals surface area contributed by atoms with Crippen LogP contribution in [0.15, 0.2) is 0 Å². The van der Waals surface area contributed by atoms with E-state index in [0.717, 1.165) is 12.8 Å². The van der Waals surface area contributed by atoms with Crippen molar-refractivity contribution in [1.29, 1.82) is 0 Å². The molecule has 1 fully saturated rings. The summed E-state index contributed by atoms with van der Waals surface area (Å²) >= 11 is 0. The van der Waals surface area contributed by atoms with Crippen molar-refractivity contribution in [2.75, 3.05) is 7.11 Å². The quantitative estimate of drug-likeness (QED) is 0.528. The molecule has 0 aromatic heterocycles. The maximum atomic E-state index is 10.6. The Kier molecular flexibility index (Phi) is 3.62. The van der Waals surface area contributed by atoms with Gasteiger partial charge in [0.05, 0.1) is 13.0 Å². The van der Waals surface area contributed by atoms with E-state index in [0.29, 0.717) is 0 Å². The highest BCUT2D eigenvalue weighted by atomic mass is 35.5. The summed E-state index contributed by atoms with van der Waals surface area (Å²) in [6.45, 7) is 0. The van der Waals surface area contributed by atoms with Gasteiger partial charge in [-0.1, -0.05) is 6.42 Å². The average molecular weight is 151 g/mol. The zero-order chi connectivity index (χ0) is 5.98. The van der Waals surface area contributed by atoms with E-state index in [1.807, 2.05) is 0 Å². The number of halogens is 1. The largest absolute Gasteiger partial charge is 0.469 e. The van der Waals surface area contributed by atoms with E-state index < -0.39 is 0 Å². The third-order valence-corrected chi connectivity index (χ3v) is 1.64. The molecule has 0 saturated heterocycles. The summed E-state index contributed by atoms with van der Waals surface area (Å²) in [7, 11) is 1.45. The number of methoxy groups -OCH3 is 1. The van der Waals surface area contributed by atoms with Crippen molar-refractivity contribution in [2.45, 2.75) is 19.3 Å². The molecular weight excluding hydrogens is 140 g/mol. The summed E-state index contributed by atoms with van der Waals surface area (Å²) in [5.41, 5.74) is 0. The van der Waals surface area contributed by atoms with E-state index in [4.69, 9.17) is 0 Å². The predicted molar refractivity (Wildman–Crippen MR) is 36.6 cm³/mol. The molecule has 0 unspecified atom stereocenters. The van der Waals surface area contributed by atoms with Crippen molar-refractivity contribution in [2.24, 2.45) is 5.92 Å². The van der Waals surface area contributed by atoms with Gasteiger partial charge in [0.15, 0.2) is 0 Å². The molecule has 0 aliphatic heterocycles. The van der Waals surface area contributed by atoms with Gasteiger partial charge in [-0.3, -0.25) is 4.79 Å². The highest BCUT2D eigenvalue weighted by Gasteiger charge is 2.25. The standard InChI is InChI=1S/C6H10O2.ClH/c1-8-6(7)5-3-2-4-5;/h5H,2-4H2,1H3;1H. The molecule has 2 nitrogen and oxygen atoms in total. The second kappa shape index (κ2) is 3.72. The van der Waals surface area contributed by atoms with E-state index in [-0.39, 0.29) is 24.3 Å². The first-order valence-electron chi connectivity index (χ1n) is 2.92. The maximum Gasteiger partial charge on any atom is 0.308 e. The highest BCUT2D eigenvalue weighted by Crippen LogP contribution is 2.26. The molecule has 0 N–H and O–H groups in total. The van der Waals surface area contributed by atoms with Crippen molar-refractivity contribution >= 4 is 18.4 Å². The zero-order valence-corrected chi connectivity index (χ0v) is 6.24. The molecular formula is C6H11ClO2. The van der Waals surface area contributed by atoms with Gasteiger partial charge in [0.25, 0.3) is 0 Å². The van der Waals surface area contributed by atoms with Gasteiger partial charge in [0.2, 0.25) is 0 Å². The van der Waals surface area contributed by atoms with Crippen LogP contribution in [0, 0.1) is 5.92 Å². The van der Waals surface area contributed by atoms with Crippen LogP contribution < -0.4 is 0 Å². The molecule has 1 saturated carbocycles. The summed E-state index contributed by atoms with van der Waals surface area (Å²) in [4.78, 5) is 10.6. The molecule has 0 aromatic rings. The number of carbonyl (C=O) groups excluding carboxylic acids is 1. The van der Waals surface area contributed by atoms with Crippen LogP contribution in [-0.4, -0.2) is 13.1 Å². The van der Waals surface area contributed by atoms with Gasteiger partial charge in [0, 0.05) is 0 Å². The normalized spacial score (nSPS) is 17.4. The van der Waals surface area contributed by atoms with E-state index in [1.165, 1.54) is 13.5 Å². The van der Waals surface area contributed by atoms with Gasteiger partial charge in [0.1, 0.15) is 0 Å². The first-order valence-corrected chi connectivity index (χ1v) is 2.92. The lowest BCUT2D eigenvalue weighted by Crippen LogP contribution is -2.22. The van der Waals surface area contributed by atoms with Crippen molar-refractivity contribution in [3.63, 3.8) is 0 Å². The number of rotatable bonds is 1. The average Bonchev–Trinajstić information content (AvgIpc) is 1.62. The van der Waals surface area contributed by atoms with Crippen molar-refractivity contribution in [3.05, 3.63) is 0 Å². The lowest BCUT2D eigenvalue weighted by molar-refractivity contribution is -0.148. The molecule has 0 amide bonds. The topological polar surface area (TPSA) is 26.3 Å². The second-order valence-electron chi connectivity index (χ2n) is 2.15. The number of ether oxygens (including phenoxy) is 1. The fourth-order valence-electron chi connectivity index (χ4n) is 0.811. The van der Waals surface area contributed by atoms with E-state index >= 15 is 0 Å². The molecule has 0 radical (unpaired) electrons. The Morgan fingerprint density at radius 3 is 2.22 bits per heavy atom. The first-order chi connectivity index (χ1) is 3.84. The minimum absolute atomic E-state index is 0. The first kappa shape index (κ1) is 8.76. The smallest absolute Gasteiger partial charge is 0.308 e. The lowest BCUT2D eigenvalue weighted by Gasteiger charge is -2.21. The van der Waals surface area contributed by atoms with Crippen molar-refractivity contribution < 1.29 is 9.53 Å². The Morgan fingerprint density at radius 2 is 2.11 bits per heavy atom. The number of hydrogen-bond donors (Lipinski definition) is 0. The van der Waals surface area contributed by atoms with Gasteiger partial charge < -0.3 is 4.74 Å². The predicted octanol–water partition coefficient (Wildman–Crippen LogP) is 1.38. The Labute approximate surface area is 61.0 Å². The SMILES string of the molecule is COC(=O)C1CCC1.Cl. The molecule has 9 heavy (non-hydrogen) atoms. The summed E-state index contributed by atoms with van der Waals surface area (Å²) in [5, 5.41) is 0.